The van der Waals surface area contributed by atoms with Gasteiger partial charge in [-0.25, -0.2) is 0 Å². The summed E-state index contributed by atoms with van der Waals surface area (Å²) >= 11 is 6.24. The molecule has 3 saturated carbocycles. The minimum atomic E-state index is -0.962. The number of primary amides is 1. The number of nitrogens with one attached hydrogen (secondary N) is 1. The van der Waals surface area contributed by atoms with E-state index in [-0.39, 0.29) is 47.8 Å². The van der Waals surface area contributed by atoms with E-state index in [9.17, 15) is 19.2 Å². The van der Waals surface area contributed by atoms with Crippen LogP contribution in [-0.4, -0.2) is 40.0 Å². The van der Waals surface area contributed by atoms with Gasteiger partial charge in [0.05, 0.1) is 12.0 Å². The van der Waals surface area contributed by atoms with Crippen LogP contribution in [0.5, 0.6) is 0 Å². The van der Waals surface area contributed by atoms with E-state index >= 15 is 0 Å². The summed E-state index contributed by atoms with van der Waals surface area (Å²) in [4.78, 5) is 55.9. The number of benzene rings is 3. The Hall–Kier alpha value is -4.01. The van der Waals surface area contributed by atoms with Crippen LogP contribution in [0.15, 0.2) is 72.8 Å². The van der Waals surface area contributed by atoms with Crippen molar-refractivity contribution >= 4 is 40.8 Å². The van der Waals surface area contributed by atoms with Crippen molar-refractivity contribution < 1.29 is 19.2 Å². The number of carbonyl (C=O) groups excluding carboxylic acids is 4. The minimum Gasteiger partial charge on any atom is -0.368 e. The molecule has 0 aromatic heterocycles. The first-order valence-corrected chi connectivity index (χ1v) is 15.5. The van der Waals surface area contributed by atoms with Gasteiger partial charge in [0.1, 0.15) is 6.04 Å². The standard InChI is InChI=1S/C35H37ClN4O4/c1-21-15-24(11-12-27(21)36)39-33(44)26(17-34-18-35(38,19-34)20-34)31-25-10-6-5-9-23(25)16-28(32(37)43)40(31)30(42)14-13-29(41)22-7-3-2-4-8-22/h2-12,15,26,28,31H,13-14,16-20,38H2,1H3,(H2,37,43)(H,39,44)/t26-,28?,31?,34?,35?/m0/s1. The highest BCUT2D eigenvalue weighted by Gasteiger charge is 2.66. The maximum Gasteiger partial charge on any atom is 0.240 e. The number of anilines is 1. The highest BCUT2D eigenvalue weighted by Crippen LogP contribution is 2.69. The number of nitrogens with zero attached hydrogens (tertiary/aromatic N) is 1. The molecule has 0 radical (unpaired) electrons. The average Bonchev–Trinajstić information content (AvgIpc) is 2.98. The number of halogens is 1. The van der Waals surface area contributed by atoms with Gasteiger partial charge in [-0.1, -0.05) is 66.2 Å². The lowest BCUT2D eigenvalue weighted by atomic mass is 9.38. The summed E-state index contributed by atoms with van der Waals surface area (Å²) < 4.78 is 0. The van der Waals surface area contributed by atoms with Crippen LogP contribution < -0.4 is 16.8 Å². The molecule has 2 unspecified atom stereocenters. The summed E-state index contributed by atoms with van der Waals surface area (Å²) in [7, 11) is 0. The molecule has 3 aromatic rings. The molecule has 0 saturated heterocycles. The molecule has 3 atom stereocenters. The molecule has 3 amide bonds. The van der Waals surface area contributed by atoms with Gasteiger partial charge in [-0.3, -0.25) is 19.2 Å². The second kappa shape index (κ2) is 11.5. The lowest BCUT2D eigenvalue weighted by molar-refractivity contribution is -0.163. The van der Waals surface area contributed by atoms with Crippen LogP contribution >= 0.6 is 11.6 Å². The Labute approximate surface area is 262 Å². The summed E-state index contributed by atoms with van der Waals surface area (Å²) in [5, 5.41) is 3.67. The topological polar surface area (TPSA) is 136 Å². The van der Waals surface area contributed by atoms with Gasteiger partial charge in [0.15, 0.2) is 5.78 Å². The second-order valence-electron chi connectivity index (χ2n) is 13.0. The molecule has 1 aliphatic heterocycles. The number of nitrogens with two attached hydrogens (primary N) is 2. The molecule has 2 bridgehead atoms. The summed E-state index contributed by atoms with van der Waals surface area (Å²) in [6.07, 6.45) is 3.05. The minimum absolute atomic E-state index is 0.0280. The number of hydrogen-bond donors (Lipinski definition) is 3. The normalized spacial score (nSPS) is 25.6. The lowest BCUT2D eigenvalue weighted by Crippen LogP contribution is -2.72. The predicted molar refractivity (Wildman–Crippen MR) is 169 cm³/mol. The van der Waals surface area contributed by atoms with Gasteiger partial charge in [0.25, 0.3) is 0 Å². The Morgan fingerprint density at radius 1 is 0.977 bits per heavy atom. The number of fused-ring (bicyclic) bond motifs is 1. The Balaban J connectivity index is 1.37. The first-order valence-electron chi connectivity index (χ1n) is 15.1. The molecule has 44 heavy (non-hydrogen) atoms. The van der Waals surface area contributed by atoms with Crippen LogP contribution in [0, 0.1) is 18.3 Å². The van der Waals surface area contributed by atoms with Gasteiger partial charge in [0, 0.05) is 41.1 Å². The van der Waals surface area contributed by atoms with Crippen LogP contribution in [0.1, 0.15) is 71.6 Å². The third-order valence-corrected chi connectivity index (χ3v) is 10.1. The highest BCUT2D eigenvalue weighted by atomic mass is 35.5. The van der Waals surface area contributed by atoms with Crippen molar-refractivity contribution in [1.29, 1.82) is 0 Å². The summed E-state index contributed by atoms with van der Waals surface area (Å²) in [5.74, 6) is -2.16. The van der Waals surface area contributed by atoms with E-state index in [0.717, 1.165) is 36.0 Å². The third-order valence-electron chi connectivity index (χ3n) is 9.68. The number of carbonyl (C=O) groups is 4. The van der Waals surface area contributed by atoms with E-state index in [2.05, 4.69) is 5.32 Å². The molecule has 7 rings (SSSR count). The monoisotopic (exact) mass is 612 g/mol. The van der Waals surface area contributed by atoms with E-state index in [1.165, 1.54) is 4.90 Å². The van der Waals surface area contributed by atoms with Crippen LogP contribution in [0.25, 0.3) is 0 Å². The van der Waals surface area contributed by atoms with E-state index in [0.29, 0.717) is 22.7 Å². The SMILES string of the molecule is Cc1cc(NC(=O)[C@@H](CC23CC(N)(C2)C3)C2c3ccccc3CC(C(N)=O)N2C(=O)CCC(=O)c2ccccc2)ccc1Cl. The molecular formula is C35H37ClN4O4. The average molecular weight is 613 g/mol. The Bertz CT molecular complexity index is 1620. The Kier molecular flexibility index (Phi) is 7.84. The summed E-state index contributed by atoms with van der Waals surface area (Å²) in [5.41, 5.74) is 15.7. The zero-order chi connectivity index (χ0) is 31.2. The molecule has 9 heteroatoms. The molecule has 3 aliphatic carbocycles. The first-order chi connectivity index (χ1) is 21.0. The fraction of sp³-hybridized carbons (Fsp3) is 0.371. The van der Waals surface area contributed by atoms with Gasteiger partial charge in [-0.2, -0.15) is 0 Å². The molecule has 4 aliphatic rings. The molecule has 8 nitrogen and oxygen atoms in total. The van der Waals surface area contributed by atoms with E-state index in [1.54, 1.807) is 36.4 Å². The van der Waals surface area contributed by atoms with Gasteiger partial charge >= 0.3 is 0 Å². The van der Waals surface area contributed by atoms with Crippen molar-refractivity contribution in [3.63, 3.8) is 0 Å². The predicted octanol–water partition coefficient (Wildman–Crippen LogP) is 5.12. The lowest BCUT2D eigenvalue weighted by Gasteiger charge is -2.70. The van der Waals surface area contributed by atoms with Crippen molar-refractivity contribution in [2.75, 3.05) is 5.32 Å². The quantitative estimate of drug-likeness (QED) is 0.273. The number of aryl methyl sites for hydroxylation is 1. The van der Waals surface area contributed by atoms with Crippen molar-refractivity contribution in [2.45, 2.75) is 69.5 Å². The number of Topliss-reactive ketones (excluding diaryl/α,β-unsaturated/α-hetero) is 1. The molecule has 228 valence electrons. The molecule has 5 N–H and O–H groups in total. The van der Waals surface area contributed by atoms with E-state index in [4.69, 9.17) is 23.1 Å². The summed E-state index contributed by atoms with van der Waals surface area (Å²) in [6, 6.07) is 20.0. The Morgan fingerprint density at radius 3 is 2.32 bits per heavy atom. The van der Waals surface area contributed by atoms with E-state index < -0.39 is 23.9 Å². The van der Waals surface area contributed by atoms with Crippen molar-refractivity contribution in [3.05, 3.63) is 100 Å². The Morgan fingerprint density at radius 2 is 1.66 bits per heavy atom. The smallest absolute Gasteiger partial charge is 0.240 e. The molecular weight excluding hydrogens is 576 g/mol. The first kappa shape index (κ1) is 30.0. The number of hydrogen-bond acceptors (Lipinski definition) is 5. The van der Waals surface area contributed by atoms with Crippen LogP contribution in [0.4, 0.5) is 5.69 Å². The maximum absolute atomic E-state index is 14.3. The van der Waals surface area contributed by atoms with Crippen molar-refractivity contribution in [2.24, 2.45) is 22.8 Å². The zero-order valence-electron chi connectivity index (χ0n) is 24.7. The second-order valence-corrected chi connectivity index (χ2v) is 13.4. The maximum atomic E-state index is 14.3. The third kappa shape index (κ3) is 5.64. The largest absolute Gasteiger partial charge is 0.368 e. The number of amides is 3. The molecule has 1 heterocycles. The number of rotatable bonds is 10. The summed E-state index contributed by atoms with van der Waals surface area (Å²) in [6.45, 7) is 1.87. The van der Waals surface area contributed by atoms with Crippen LogP contribution in [0.3, 0.4) is 0 Å². The van der Waals surface area contributed by atoms with Gasteiger partial charge < -0.3 is 21.7 Å². The number of ketones is 1. The molecule has 3 aromatic carbocycles. The van der Waals surface area contributed by atoms with E-state index in [1.807, 2.05) is 43.3 Å². The fourth-order valence-electron chi connectivity index (χ4n) is 7.83. The fourth-order valence-corrected chi connectivity index (χ4v) is 7.95. The van der Waals surface area contributed by atoms with Gasteiger partial charge in [0.2, 0.25) is 17.7 Å². The van der Waals surface area contributed by atoms with Crippen molar-refractivity contribution in [3.8, 4) is 0 Å². The zero-order valence-corrected chi connectivity index (χ0v) is 25.5. The van der Waals surface area contributed by atoms with Crippen molar-refractivity contribution in [1.82, 2.24) is 4.90 Å². The molecule has 0 spiro atoms. The molecule has 3 fully saturated rings. The van der Waals surface area contributed by atoms with Crippen LogP contribution in [-0.2, 0) is 20.8 Å². The van der Waals surface area contributed by atoms with Gasteiger partial charge in [-0.05, 0) is 72.9 Å². The van der Waals surface area contributed by atoms with Gasteiger partial charge in [-0.15, -0.1) is 0 Å². The highest BCUT2D eigenvalue weighted by molar-refractivity contribution is 6.31. The van der Waals surface area contributed by atoms with Crippen LogP contribution in [0.2, 0.25) is 5.02 Å².